The zero-order valence-electron chi connectivity index (χ0n) is 40.1. The molecule has 1 aliphatic carbocycles. The SMILES string of the molecule is C#CCOCCOCCNC(=O)CCC(CCC(=O)NCCOCCOCC#C)(CCC(=O)NCCOCCOCC#C)NC(=O)C1(CCC)CCC(C)(OP(=O)(OC)C(C)(C)C)CC1. The Morgan fingerprint density at radius 3 is 1.31 bits per heavy atom. The summed E-state index contributed by atoms with van der Waals surface area (Å²) in [5.41, 5.74) is -2.80. The van der Waals surface area contributed by atoms with Crippen molar-refractivity contribution < 1.29 is 61.2 Å². The van der Waals surface area contributed by atoms with Crippen LogP contribution in [-0.2, 0) is 61.2 Å². The molecule has 0 heterocycles. The summed E-state index contributed by atoms with van der Waals surface area (Å²) in [7, 11) is -2.13. The summed E-state index contributed by atoms with van der Waals surface area (Å²) >= 11 is 0. The topological polar surface area (TPSA) is 207 Å². The standard InChI is InChI=1S/C47H79N4O13P/c1-10-17-46(23-21-45(8,22-24-46)64-65(56,57-9)44(5,6)7)43(55)51-47(18-14-40(52)48-25-31-61-37-34-58-28-11-2,19-15-41(53)49-26-32-62-38-35-59-29-12-3)20-16-42(54)50-27-33-63-39-36-60-30-13-4/h2-4H,10,14-39H2,1,5-9H3,(H,48,52)(H,49,53)(H,50,54)(H,51,55). The molecule has 1 atom stereocenters. The van der Waals surface area contributed by atoms with Crippen LogP contribution in [-0.4, -0.2) is 146 Å². The van der Waals surface area contributed by atoms with Crippen molar-refractivity contribution in [2.45, 2.75) is 128 Å². The van der Waals surface area contributed by atoms with Crippen LogP contribution in [0.5, 0.6) is 0 Å². The molecular formula is C47H79N4O13P. The van der Waals surface area contributed by atoms with E-state index >= 15 is 0 Å². The molecular weight excluding hydrogens is 860 g/mol. The minimum atomic E-state index is -3.52. The fourth-order valence-corrected chi connectivity index (χ4v) is 8.92. The van der Waals surface area contributed by atoms with E-state index in [2.05, 4.69) is 39.0 Å². The third-order valence-corrected chi connectivity index (χ3v) is 13.9. The highest BCUT2D eigenvalue weighted by Gasteiger charge is 2.51. The first-order valence-corrected chi connectivity index (χ1v) is 24.3. The largest absolute Gasteiger partial charge is 0.377 e. The number of terminal acetylenes is 3. The zero-order chi connectivity index (χ0) is 48.5. The van der Waals surface area contributed by atoms with E-state index in [-0.39, 0.29) is 121 Å². The van der Waals surface area contributed by atoms with Gasteiger partial charge in [-0.3, -0.25) is 23.7 Å². The molecule has 17 nitrogen and oxygen atoms in total. The van der Waals surface area contributed by atoms with Crippen molar-refractivity contribution in [1.82, 2.24) is 21.3 Å². The number of hydrogen-bond acceptors (Lipinski definition) is 13. The minimum Gasteiger partial charge on any atom is -0.377 e. The van der Waals surface area contributed by atoms with Gasteiger partial charge in [-0.2, -0.15) is 0 Å². The van der Waals surface area contributed by atoms with E-state index in [1.807, 2.05) is 34.6 Å². The molecule has 0 aromatic heterocycles. The number of carbonyl (C=O) groups is 4. The van der Waals surface area contributed by atoms with E-state index in [1.165, 1.54) is 7.11 Å². The quantitative estimate of drug-likeness (QED) is 0.0390. The Labute approximate surface area is 389 Å². The highest BCUT2D eigenvalue weighted by atomic mass is 31.2. The number of amides is 4. The van der Waals surface area contributed by atoms with Crippen molar-refractivity contribution in [3.63, 3.8) is 0 Å². The lowest BCUT2D eigenvalue weighted by atomic mass is 9.66. The lowest BCUT2D eigenvalue weighted by Crippen LogP contribution is -2.56. The van der Waals surface area contributed by atoms with Gasteiger partial charge in [-0.1, -0.05) is 31.1 Å². The summed E-state index contributed by atoms with van der Waals surface area (Å²) in [6.45, 7) is 13.2. The van der Waals surface area contributed by atoms with Crippen LogP contribution in [0, 0.1) is 42.4 Å². The summed E-state index contributed by atoms with van der Waals surface area (Å²) in [5, 5.41) is 11.2. The number of nitrogens with one attached hydrogen (secondary N) is 4. The van der Waals surface area contributed by atoms with Crippen molar-refractivity contribution >= 4 is 31.2 Å². The molecule has 4 amide bonds. The van der Waals surface area contributed by atoms with Gasteiger partial charge < -0.3 is 58.7 Å². The molecule has 0 spiro atoms. The van der Waals surface area contributed by atoms with E-state index < -0.39 is 29.3 Å². The van der Waals surface area contributed by atoms with Crippen molar-refractivity contribution in [2.24, 2.45) is 5.41 Å². The number of carbonyl (C=O) groups excluding carboxylic acids is 4. The van der Waals surface area contributed by atoms with Crippen molar-refractivity contribution in [2.75, 3.05) is 106 Å². The summed E-state index contributed by atoms with van der Waals surface area (Å²) < 4.78 is 57.9. The van der Waals surface area contributed by atoms with E-state index in [0.29, 0.717) is 78.2 Å². The second-order valence-corrected chi connectivity index (χ2v) is 20.2. The van der Waals surface area contributed by atoms with Crippen LogP contribution >= 0.6 is 7.60 Å². The average molecular weight is 939 g/mol. The van der Waals surface area contributed by atoms with Crippen LogP contribution in [0.4, 0.5) is 0 Å². The second kappa shape index (κ2) is 33.0. The Morgan fingerprint density at radius 2 is 0.985 bits per heavy atom. The highest BCUT2D eigenvalue weighted by Crippen LogP contribution is 2.63. The van der Waals surface area contributed by atoms with Gasteiger partial charge in [0.05, 0.1) is 70.2 Å². The van der Waals surface area contributed by atoms with Crippen LogP contribution < -0.4 is 21.3 Å². The molecule has 0 aromatic rings. The maximum atomic E-state index is 14.9. The Bertz CT molecular complexity index is 1460. The van der Waals surface area contributed by atoms with Crippen LogP contribution in [0.25, 0.3) is 0 Å². The van der Waals surface area contributed by atoms with Crippen molar-refractivity contribution in [3.05, 3.63) is 0 Å². The molecule has 370 valence electrons. The van der Waals surface area contributed by atoms with Gasteiger partial charge in [0.2, 0.25) is 23.6 Å². The molecule has 1 saturated carbocycles. The third kappa shape index (κ3) is 24.7. The fraction of sp³-hybridized carbons (Fsp3) is 0.787. The van der Waals surface area contributed by atoms with Crippen LogP contribution in [0.3, 0.4) is 0 Å². The summed E-state index contributed by atoms with van der Waals surface area (Å²) in [5.74, 6) is 6.08. The fourth-order valence-electron chi connectivity index (χ4n) is 7.26. The Kier molecular flexibility index (Phi) is 30.2. The molecule has 65 heavy (non-hydrogen) atoms. The predicted octanol–water partition coefficient (Wildman–Crippen LogP) is 4.30. The predicted molar refractivity (Wildman–Crippen MR) is 249 cm³/mol. The van der Waals surface area contributed by atoms with Crippen molar-refractivity contribution in [3.8, 4) is 37.0 Å². The normalized spacial score (nSPS) is 18.3. The lowest BCUT2D eigenvalue weighted by molar-refractivity contribution is -0.140. The lowest BCUT2D eigenvalue weighted by Gasteiger charge is -2.47. The second-order valence-electron chi connectivity index (χ2n) is 17.3. The molecule has 1 rings (SSSR count). The maximum absolute atomic E-state index is 14.9. The monoisotopic (exact) mass is 939 g/mol. The van der Waals surface area contributed by atoms with Gasteiger partial charge in [0.1, 0.15) is 19.8 Å². The molecule has 1 unspecified atom stereocenters. The van der Waals surface area contributed by atoms with Gasteiger partial charge in [-0.05, 0) is 79.1 Å². The molecule has 0 aliphatic heterocycles. The summed E-state index contributed by atoms with van der Waals surface area (Å²) in [4.78, 5) is 55.0. The van der Waals surface area contributed by atoms with Gasteiger partial charge in [0.25, 0.3) is 0 Å². The number of hydrogen-bond donors (Lipinski definition) is 4. The molecule has 1 fully saturated rings. The zero-order valence-corrected chi connectivity index (χ0v) is 41.0. The third-order valence-electron chi connectivity index (χ3n) is 11.1. The smallest absolute Gasteiger partial charge is 0.336 e. The minimum absolute atomic E-state index is 0.00817. The first kappa shape index (κ1) is 59.5. The van der Waals surface area contributed by atoms with E-state index in [9.17, 15) is 23.7 Å². The Hall–Kier alpha value is -3.53. The molecule has 0 radical (unpaired) electrons. The number of ether oxygens (including phenoxy) is 6. The van der Waals surface area contributed by atoms with Gasteiger partial charge in [-0.15, -0.1) is 19.3 Å². The maximum Gasteiger partial charge on any atom is 0.336 e. The number of rotatable bonds is 37. The van der Waals surface area contributed by atoms with E-state index in [4.69, 9.17) is 56.7 Å². The first-order chi connectivity index (χ1) is 31.0. The first-order valence-electron chi connectivity index (χ1n) is 22.7. The van der Waals surface area contributed by atoms with E-state index in [0.717, 1.165) is 0 Å². The van der Waals surface area contributed by atoms with Gasteiger partial charge >= 0.3 is 7.60 Å². The molecule has 0 aromatic carbocycles. The van der Waals surface area contributed by atoms with Gasteiger partial charge in [0.15, 0.2) is 0 Å². The van der Waals surface area contributed by atoms with Gasteiger partial charge in [0, 0.05) is 57.0 Å². The van der Waals surface area contributed by atoms with Crippen LogP contribution in [0.15, 0.2) is 0 Å². The highest BCUT2D eigenvalue weighted by molar-refractivity contribution is 7.55. The van der Waals surface area contributed by atoms with Gasteiger partial charge in [-0.25, -0.2) is 0 Å². The molecule has 0 bridgehead atoms. The molecule has 4 N–H and O–H groups in total. The Balaban J connectivity index is 3.35. The van der Waals surface area contributed by atoms with Crippen LogP contribution in [0.2, 0.25) is 0 Å². The van der Waals surface area contributed by atoms with E-state index in [1.54, 1.807) is 0 Å². The van der Waals surface area contributed by atoms with Crippen molar-refractivity contribution in [1.29, 1.82) is 0 Å². The Morgan fingerprint density at radius 1 is 0.615 bits per heavy atom. The molecule has 1 aliphatic rings. The summed E-state index contributed by atoms with van der Waals surface area (Å²) in [6, 6.07) is 0. The molecule has 18 heteroatoms. The molecule has 0 saturated heterocycles. The summed E-state index contributed by atoms with van der Waals surface area (Å²) in [6.07, 6.45) is 19.0. The average Bonchev–Trinajstić information content (AvgIpc) is 3.27. The van der Waals surface area contributed by atoms with Crippen LogP contribution in [0.1, 0.15) is 112 Å².